The van der Waals surface area contributed by atoms with Gasteiger partial charge in [-0.1, -0.05) is 23.7 Å². The molecule has 2 atom stereocenters. The molecule has 5 nitrogen and oxygen atoms in total. The van der Waals surface area contributed by atoms with Crippen molar-refractivity contribution in [2.24, 2.45) is 5.10 Å². The second-order valence-corrected chi connectivity index (χ2v) is 7.20. The third-order valence-corrected chi connectivity index (χ3v) is 5.21. The monoisotopic (exact) mass is 380 g/mol. The van der Waals surface area contributed by atoms with Crippen LogP contribution in [0.25, 0.3) is 0 Å². The molecule has 3 aromatic rings. The van der Waals surface area contributed by atoms with Gasteiger partial charge >= 0.3 is 0 Å². The smallest absolute Gasteiger partial charge is 0.246 e. The number of furan rings is 1. The summed E-state index contributed by atoms with van der Waals surface area (Å²) in [5.41, 5.74) is 2.52. The lowest BCUT2D eigenvalue weighted by molar-refractivity contribution is -0.0329. The van der Waals surface area contributed by atoms with Crippen LogP contribution in [-0.4, -0.2) is 15.8 Å². The summed E-state index contributed by atoms with van der Waals surface area (Å²) in [4.78, 5) is 0. The molecule has 27 heavy (non-hydrogen) atoms. The molecule has 1 aromatic heterocycles. The molecule has 1 N–H and O–H groups in total. The van der Waals surface area contributed by atoms with E-state index in [1.165, 1.54) is 0 Å². The van der Waals surface area contributed by atoms with Gasteiger partial charge in [-0.05, 0) is 49.4 Å². The van der Waals surface area contributed by atoms with Gasteiger partial charge in [0.15, 0.2) is 5.76 Å². The molecular formula is C21H17ClN2O3. The maximum Gasteiger partial charge on any atom is 0.246 e. The Morgan fingerprint density at radius 3 is 2.78 bits per heavy atom. The maximum atomic E-state index is 10.3. The van der Waals surface area contributed by atoms with Crippen LogP contribution in [0.5, 0.6) is 11.5 Å². The molecule has 2 aliphatic rings. The Kier molecular flexibility index (Phi) is 3.65. The van der Waals surface area contributed by atoms with Crippen molar-refractivity contribution in [3.05, 3.63) is 82.3 Å². The van der Waals surface area contributed by atoms with Gasteiger partial charge in [-0.3, -0.25) is 0 Å². The van der Waals surface area contributed by atoms with Crippen LogP contribution in [0.15, 0.2) is 64.1 Å². The molecule has 0 amide bonds. The van der Waals surface area contributed by atoms with E-state index in [1.807, 2.05) is 54.4 Å². The summed E-state index contributed by atoms with van der Waals surface area (Å²) in [6.07, 6.45) is 0.172. The molecule has 0 aliphatic carbocycles. The number of nitrogens with zero attached hydrogens (tertiary/aromatic N) is 2. The third-order valence-electron chi connectivity index (χ3n) is 4.97. The first-order valence-corrected chi connectivity index (χ1v) is 9.14. The number of rotatable bonds is 2. The highest BCUT2D eigenvalue weighted by molar-refractivity contribution is 6.30. The molecule has 5 rings (SSSR count). The summed E-state index contributed by atoms with van der Waals surface area (Å²) < 4.78 is 12.0. The summed E-state index contributed by atoms with van der Waals surface area (Å²) >= 11 is 6.23. The fourth-order valence-corrected chi connectivity index (χ4v) is 3.89. The Morgan fingerprint density at radius 2 is 2.00 bits per heavy atom. The average molecular weight is 381 g/mol. The third kappa shape index (κ3) is 2.66. The Hall–Kier alpha value is -2.92. The van der Waals surface area contributed by atoms with Gasteiger partial charge in [0.05, 0.1) is 11.8 Å². The minimum atomic E-state index is -0.472. The highest BCUT2D eigenvalue weighted by atomic mass is 35.5. The van der Waals surface area contributed by atoms with E-state index in [0.29, 0.717) is 17.2 Å². The first kappa shape index (κ1) is 16.3. The molecule has 0 bridgehead atoms. The lowest BCUT2D eigenvalue weighted by Crippen LogP contribution is -2.33. The van der Waals surface area contributed by atoms with E-state index in [0.717, 1.165) is 28.3 Å². The zero-order valence-corrected chi connectivity index (χ0v) is 15.3. The summed E-state index contributed by atoms with van der Waals surface area (Å²) in [5.74, 6) is 2.50. The van der Waals surface area contributed by atoms with E-state index in [-0.39, 0.29) is 11.8 Å². The van der Waals surface area contributed by atoms with Crippen molar-refractivity contribution >= 4 is 17.3 Å². The second-order valence-electron chi connectivity index (χ2n) is 6.76. The maximum absolute atomic E-state index is 10.3. The molecule has 2 aromatic carbocycles. The first-order chi connectivity index (χ1) is 13.1. The summed E-state index contributed by atoms with van der Waals surface area (Å²) in [6, 6.07) is 16.6. The average Bonchev–Trinajstić information content (AvgIpc) is 3.28. The summed E-state index contributed by atoms with van der Waals surface area (Å²) in [7, 11) is 0. The van der Waals surface area contributed by atoms with Gasteiger partial charge in [-0.2, -0.15) is 5.10 Å². The Balaban J connectivity index is 1.62. The van der Waals surface area contributed by atoms with E-state index in [2.05, 4.69) is 0 Å². The lowest BCUT2D eigenvalue weighted by atomic mass is 9.96. The van der Waals surface area contributed by atoms with Gasteiger partial charge in [-0.25, -0.2) is 5.01 Å². The van der Waals surface area contributed by atoms with Gasteiger partial charge in [0.1, 0.15) is 17.3 Å². The summed E-state index contributed by atoms with van der Waals surface area (Å²) in [6.45, 7) is 1.90. The predicted molar refractivity (Wildman–Crippen MR) is 102 cm³/mol. The fraction of sp³-hybridized carbons (Fsp3) is 0.190. The van der Waals surface area contributed by atoms with E-state index in [9.17, 15) is 5.11 Å². The number of aryl methyl sites for hydroxylation is 1. The summed E-state index contributed by atoms with van der Waals surface area (Å²) in [5, 5.41) is 17.6. The van der Waals surface area contributed by atoms with Crippen LogP contribution in [0, 0.1) is 6.92 Å². The normalized spacial score (nSPS) is 20.7. The van der Waals surface area contributed by atoms with Gasteiger partial charge in [-0.15, -0.1) is 0 Å². The fourth-order valence-electron chi connectivity index (χ4n) is 3.71. The highest BCUT2D eigenvalue weighted by Gasteiger charge is 2.42. The molecule has 3 heterocycles. The van der Waals surface area contributed by atoms with Crippen molar-refractivity contribution in [3.8, 4) is 11.5 Å². The molecule has 2 aliphatic heterocycles. The Labute approximate surface area is 161 Å². The Bertz CT molecular complexity index is 1060. The number of ether oxygens (including phenoxy) is 1. The van der Waals surface area contributed by atoms with E-state index in [4.69, 9.17) is 25.9 Å². The van der Waals surface area contributed by atoms with Crippen LogP contribution in [0.3, 0.4) is 0 Å². The minimum Gasteiger partial charge on any atom is -0.507 e. The standard InChI is InChI=1S/C21H17ClN2O3/c1-12-6-8-20(26-12)21-24-17(15-10-13(22)7-9-19(15)27-21)11-16(23-24)14-4-2-3-5-18(14)25/h2-10,17,21,25H,11H2,1H3. The van der Waals surface area contributed by atoms with E-state index < -0.39 is 6.23 Å². The SMILES string of the molecule is Cc1ccc(C2Oc3ccc(Cl)cc3C3CC(c4ccccc4O)=NN32)o1. The number of hydrogen-bond donors (Lipinski definition) is 1. The van der Waals surface area contributed by atoms with Crippen LogP contribution in [0.4, 0.5) is 0 Å². The first-order valence-electron chi connectivity index (χ1n) is 8.77. The zero-order chi connectivity index (χ0) is 18.5. The van der Waals surface area contributed by atoms with E-state index in [1.54, 1.807) is 12.1 Å². The van der Waals surface area contributed by atoms with Gasteiger partial charge < -0.3 is 14.3 Å². The van der Waals surface area contributed by atoms with Gasteiger partial charge in [0, 0.05) is 22.6 Å². The quantitative estimate of drug-likeness (QED) is 0.664. The van der Waals surface area contributed by atoms with Gasteiger partial charge in [0.25, 0.3) is 0 Å². The highest BCUT2D eigenvalue weighted by Crippen LogP contribution is 2.48. The van der Waals surface area contributed by atoms with Gasteiger partial charge in [0.2, 0.25) is 6.23 Å². The van der Waals surface area contributed by atoms with Crippen LogP contribution >= 0.6 is 11.6 Å². The molecular weight excluding hydrogens is 364 g/mol. The molecule has 136 valence electrons. The van der Waals surface area contributed by atoms with Crippen molar-refractivity contribution in [1.82, 2.24) is 5.01 Å². The molecule has 0 radical (unpaired) electrons. The molecule has 6 heteroatoms. The number of phenols is 1. The predicted octanol–water partition coefficient (Wildman–Crippen LogP) is 5.19. The van der Waals surface area contributed by atoms with Crippen molar-refractivity contribution in [3.63, 3.8) is 0 Å². The Morgan fingerprint density at radius 1 is 1.15 bits per heavy atom. The number of halogens is 1. The number of fused-ring (bicyclic) bond motifs is 3. The molecule has 2 unspecified atom stereocenters. The number of hydrogen-bond acceptors (Lipinski definition) is 5. The number of phenolic OH excluding ortho intramolecular Hbond substituents is 1. The molecule has 0 saturated carbocycles. The molecule has 0 fully saturated rings. The number of para-hydroxylation sites is 1. The van der Waals surface area contributed by atoms with Crippen LogP contribution < -0.4 is 4.74 Å². The van der Waals surface area contributed by atoms with Crippen molar-refractivity contribution in [1.29, 1.82) is 0 Å². The zero-order valence-electron chi connectivity index (χ0n) is 14.6. The largest absolute Gasteiger partial charge is 0.507 e. The topological polar surface area (TPSA) is 58.2 Å². The number of benzene rings is 2. The van der Waals surface area contributed by atoms with Crippen LogP contribution in [0.1, 0.15) is 41.3 Å². The van der Waals surface area contributed by atoms with Crippen molar-refractivity contribution in [2.45, 2.75) is 25.6 Å². The second kappa shape index (κ2) is 6.06. The van der Waals surface area contributed by atoms with Crippen molar-refractivity contribution in [2.75, 3.05) is 0 Å². The number of hydrazone groups is 1. The van der Waals surface area contributed by atoms with Crippen LogP contribution in [0.2, 0.25) is 5.02 Å². The minimum absolute atomic E-state index is 0.0440. The van der Waals surface area contributed by atoms with E-state index >= 15 is 0 Å². The molecule has 0 saturated heterocycles. The number of aromatic hydroxyl groups is 1. The lowest BCUT2D eigenvalue weighted by Gasteiger charge is -2.37. The van der Waals surface area contributed by atoms with Crippen LogP contribution in [-0.2, 0) is 0 Å². The molecule has 0 spiro atoms. The van der Waals surface area contributed by atoms with Crippen molar-refractivity contribution < 1.29 is 14.3 Å².